The molecule has 0 fully saturated rings. The SMILES string of the molecule is COc1cc(/C=C/CCC(C)=O)cc(OC)c1O. The number of ketones is 1. The molecule has 1 aromatic rings. The van der Waals surface area contributed by atoms with Gasteiger partial charge in [0.2, 0.25) is 5.75 Å². The molecule has 0 amide bonds. The van der Waals surface area contributed by atoms with Crippen LogP contribution >= 0.6 is 0 Å². The minimum absolute atomic E-state index is 0.0131. The summed E-state index contributed by atoms with van der Waals surface area (Å²) in [7, 11) is 2.97. The normalized spacial score (nSPS) is 10.6. The highest BCUT2D eigenvalue weighted by atomic mass is 16.5. The topological polar surface area (TPSA) is 55.8 Å². The number of hydrogen-bond acceptors (Lipinski definition) is 4. The molecule has 18 heavy (non-hydrogen) atoms. The van der Waals surface area contributed by atoms with E-state index in [-0.39, 0.29) is 11.5 Å². The summed E-state index contributed by atoms with van der Waals surface area (Å²) in [6, 6.07) is 3.42. The van der Waals surface area contributed by atoms with E-state index in [9.17, 15) is 9.90 Å². The zero-order valence-corrected chi connectivity index (χ0v) is 10.9. The van der Waals surface area contributed by atoms with Crippen LogP contribution in [0.15, 0.2) is 18.2 Å². The van der Waals surface area contributed by atoms with Gasteiger partial charge in [0.05, 0.1) is 14.2 Å². The fraction of sp³-hybridized carbons (Fsp3) is 0.357. The summed E-state index contributed by atoms with van der Waals surface area (Å²) in [5, 5.41) is 9.74. The van der Waals surface area contributed by atoms with Gasteiger partial charge in [0.1, 0.15) is 5.78 Å². The average Bonchev–Trinajstić information content (AvgIpc) is 2.35. The van der Waals surface area contributed by atoms with Crippen molar-refractivity contribution >= 4 is 11.9 Å². The Balaban J connectivity index is 2.86. The van der Waals surface area contributed by atoms with Crippen LogP contribution in [0.5, 0.6) is 17.2 Å². The molecule has 1 aromatic carbocycles. The highest BCUT2D eigenvalue weighted by Gasteiger charge is 2.09. The van der Waals surface area contributed by atoms with Gasteiger partial charge in [-0.3, -0.25) is 0 Å². The lowest BCUT2D eigenvalue weighted by atomic mass is 10.1. The van der Waals surface area contributed by atoms with Crippen molar-refractivity contribution in [2.45, 2.75) is 19.8 Å². The molecular formula is C14H18O4. The number of hydrogen-bond donors (Lipinski definition) is 1. The van der Waals surface area contributed by atoms with Gasteiger partial charge < -0.3 is 19.4 Å². The molecule has 4 nitrogen and oxygen atoms in total. The quantitative estimate of drug-likeness (QED) is 0.843. The molecule has 0 aromatic heterocycles. The van der Waals surface area contributed by atoms with Crippen molar-refractivity contribution in [3.63, 3.8) is 0 Å². The van der Waals surface area contributed by atoms with Crippen LogP contribution in [0.2, 0.25) is 0 Å². The lowest BCUT2D eigenvalue weighted by Crippen LogP contribution is -1.90. The lowest BCUT2D eigenvalue weighted by molar-refractivity contribution is -0.116. The Hall–Kier alpha value is -1.97. The zero-order valence-electron chi connectivity index (χ0n) is 10.9. The maximum Gasteiger partial charge on any atom is 0.200 e. The van der Waals surface area contributed by atoms with Gasteiger partial charge in [-0.25, -0.2) is 0 Å². The minimum atomic E-state index is -0.0131. The number of allylic oxidation sites excluding steroid dienone is 1. The summed E-state index contributed by atoms with van der Waals surface area (Å²) in [5.74, 6) is 0.877. The Bertz CT molecular complexity index is 424. The highest BCUT2D eigenvalue weighted by Crippen LogP contribution is 2.37. The molecule has 1 N–H and O–H groups in total. The van der Waals surface area contributed by atoms with Crippen molar-refractivity contribution in [1.82, 2.24) is 0 Å². The van der Waals surface area contributed by atoms with Crippen LogP contribution in [-0.2, 0) is 4.79 Å². The van der Waals surface area contributed by atoms with E-state index < -0.39 is 0 Å². The highest BCUT2D eigenvalue weighted by molar-refractivity contribution is 5.75. The van der Waals surface area contributed by atoms with Crippen molar-refractivity contribution < 1.29 is 19.4 Å². The Kier molecular flexibility index (Phi) is 5.24. The van der Waals surface area contributed by atoms with E-state index in [1.807, 2.05) is 12.2 Å². The van der Waals surface area contributed by atoms with Crippen LogP contribution < -0.4 is 9.47 Å². The molecule has 0 radical (unpaired) electrons. The molecule has 98 valence electrons. The second kappa shape index (κ2) is 6.69. The first-order valence-corrected chi connectivity index (χ1v) is 5.69. The van der Waals surface area contributed by atoms with E-state index in [0.29, 0.717) is 24.3 Å². The van der Waals surface area contributed by atoms with E-state index in [2.05, 4.69) is 0 Å². The number of benzene rings is 1. The van der Waals surface area contributed by atoms with Gasteiger partial charge in [0.15, 0.2) is 11.5 Å². The third-order valence-corrected chi connectivity index (χ3v) is 2.48. The third kappa shape index (κ3) is 3.80. The Morgan fingerprint density at radius 3 is 2.28 bits per heavy atom. The standard InChI is InChI=1S/C14H18O4/c1-10(15)6-4-5-7-11-8-12(17-2)14(16)13(9-11)18-3/h5,7-9,16H,4,6H2,1-3H3/b7-5+. The van der Waals surface area contributed by atoms with Gasteiger partial charge in [-0.2, -0.15) is 0 Å². The molecule has 0 heterocycles. The predicted molar refractivity (Wildman–Crippen MR) is 70.2 cm³/mol. The average molecular weight is 250 g/mol. The number of Topliss-reactive ketones (excluding diaryl/α,β-unsaturated/α-hetero) is 1. The molecule has 0 saturated carbocycles. The minimum Gasteiger partial charge on any atom is -0.502 e. The summed E-state index contributed by atoms with van der Waals surface area (Å²) >= 11 is 0. The van der Waals surface area contributed by atoms with Crippen molar-refractivity contribution in [3.8, 4) is 17.2 Å². The van der Waals surface area contributed by atoms with E-state index >= 15 is 0 Å². The Morgan fingerprint density at radius 1 is 1.28 bits per heavy atom. The molecular weight excluding hydrogens is 232 g/mol. The smallest absolute Gasteiger partial charge is 0.200 e. The first-order chi connectivity index (χ1) is 8.58. The summed E-state index contributed by atoms with van der Waals surface area (Å²) in [5.41, 5.74) is 0.852. The van der Waals surface area contributed by atoms with Crippen LogP contribution in [-0.4, -0.2) is 25.1 Å². The van der Waals surface area contributed by atoms with Crippen molar-refractivity contribution in [2.75, 3.05) is 14.2 Å². The summed E-state index contributed by atoms with van der Waals surface area (Å²) in [4.78, 5) is 10.8. The second-order valence-corrected chi connectivity index (χ2v) is 3.92. The van der Waals surface area contributed by atoms with Crippen LogP contribution in [0, 0.1) is 0 Å². The van der Waals surface area contributed by atoms with Gasteiger partial charge in [0.25, 0.3) is 0 Å². The number of carbonyl (C=O) groups excluding carboxylic acids is 1. The van der Waals surface area contributed by atoms with Crippen molar-refractivity contribution in [1.29, 1.82) is 0 Å². The largest absolute Gasteiger partial charge is 0.502 e. The van der Waals surface area contributed by atoms with Crippen LogP contribution in [0.25, 0.3) is 6.08 Å². The molecule has 0 aliphatic rings. The molecule has 1 rings (SSSR count). The van der Waals surface area contributed by atoms with Gasteiger partial charge >= 0.3 is 0 Å². The number of aromatic hydroxyl groups is 1. The first kappa shape index (κ1) is 14.1. The van der Waals surface area contributed by atoms with E-state index in [1.54, 1.807) is 19.1 Å². The predicted octanol–water partition coefficient (Wildman–Crippen LogP) is 2.79. The van der Waals surface area contributed by atoms with Gasteiger partial charge in [-0.15, -0.1) is 0 Å². The maximum atomic E-state index is 10.8. The fourth-order valence-electron chi connectivity index (χ4n) is 1.52. The Morgan fingerprint density at radius 2 is 1.83 bits per heavy atom. The fourth-order valence-corrected chi connectivity index (χ4v) is 1.52. The first-order valence-electron chi connectivity index (χ1n) is 5.69. The van der Waals surface area contributed by atoms with Gasteiger partial charge in [-0.1, -0.05) is 12.2 Å². The van der Waals surface area contributed by atoms with Crippen LogP contribution in [0.3, 0.4) is 0 Å². The Labute approximate surface area is 107 Å². The second-order valence-electron chi connectivity index (χ2n) is 3.92. The van der Waals surface area contributed by atoms with E-state index in [0.717, 1.165) is 5.56 Å². The van der Waals surface area contributed by atoms with Gasteiger partial charge in [0, 0.05) is 6.42 Å². The third-order valence-electron chi connectivity index (χ3n) is 2.48. The number of phenols is 1. The molecule has 0 bridgehead atoms. The molecule has 4 heteroatoms. The lowest BCUT2D eigenvalue weighted by Gasteiger charge is -2.09. The molecule has 0 spiro atoms. The monoisotopic (exact) mass is 250 g/mol. The summed E-state index contributed by atoms with van der Waals surface area (Å²) in [6.45, 7) is 1.57. The summed E-state index contributed by atoms with van der Waals surface area (Å²) < 4.78 is 10.1. The number of carbonyl (C=O) groups is 1. The van der Waals surface area contributed by atoms with E-state index in [4.69, 9.17) is 9.47 Å². The molecule has 0 saturated heterocycles. The molecule has 0 aliphatic heterocycles. The van der Waals surface area contributed by atoms with E-state index in [1.165, 1.54) is 14.2 Å². The molecule has 0 unspecified atom stereocenters. The van der Waals surface area contributed by atoms with Crippen molar-refractivity contribution in [2.24, 2.45) is 0 Å². The van der Waals surface area contributed by atoms with Gasteiger partial charge in [-0.05, 0) is 31.0 Å². The zero-order chi connectivity index (χ0) is 13.5. The maximum absolute atomic E-state index is 10.8. The molecule has 0 atom stereocenters. The number of rotatable bonds is 6. The van der Waals surface area contributed by atoms with Crippen LogP contribution in [0.1, 0.15) is 25.3 Å². The number of methoxy groups -OCH3 is 2. The summed E-state index contributed by atoms with van der Waals surface area (Å²) in [6.07, 6.45) is 5.00. The van der Waals surface area contributed by atoms with Crippen molar-refractivity contribution in [3.05, 3.63) is 23.8 Å². The number of phenolic OH excluding ortho intramolecular Hbond substituents is 1. The molecule has 0 aliphatic carbocycles. The van der Waals surface area contributed by atoms with Crippen LogP contribution in [0.4, 0.5) is 0 Å². The number of ether oxygens (including phenoxy) is 2.